The van der Waals surface area contributed by atoms with Crippen LogP contribution in [0, 0.1) is 10.1 Å². The molecule has 0 saturated heterocycles. The van der Waals surface area contributed by atoms with Crippen LogP contribution in [0.5, 0.6) is 5.75 Å². The van der Waals surface area contributed by atoms with Gasteiger partial charge in [-0.3, -0.25) is 19.5 Å². The number of aromatic nitrogens is 3. The molecule has 12 heteroatoms. The summed E-state index contributed by atoms with van der Waals surface area (Å²) in [6, 6.07) is 21.4. The SMILES string of the molecule is CCOc1ccc(-n2c(SCC(=O)N/N=C/c3ccc(Cl)c([N+](=O)[O-])c3)nnc2-c2ccccc2)cc1. The highest BCUT2D eigenvalue weighted by Gasteiger charge is 2.17. The molecule has 0 fully saturated rings. The van der Waals surface area contributed by atoms with Gasteiger partial charge >= 0.3 is 0 Å². The van der Waals surface area contributed by atoms with Crippen molar-refractivity contribution in [3.63, 3.8) is 0 Å². The number of benzene rings is 3. The van der Waals surface area contributed by atoms with Gasteiger partial charge in [0.25, 0.3) is 11.6 Å². The predicted molar refractivity (Wildman–Crippen MR) is 143 cm³/mol. The molecule has 0 aliphatic rings. The number of hydrogen-bond donors (Lipinski definition) is 1. The van der Waals surface area contributed by atoms with E-state index < -0.39 is 4.92 Å². The van der Waals surface area contributed by atoms with E-state index >= 15 is 0 Å². The number of carbonyl (C=O) groups excluding carboxylic acids is 1. The molecule has 0 spiro atoms. The lowest BCUT2D eigenvalue weighted by molar-refractivity contribution is -0.384. The summed E-state index contributed by atoms with van der Waals surface area (Å²) in [5.74, 6) is 1.02. The first-order chi connectivity index (χ1) is 18.0. The topological polar surface area (TPSA) is 125 Å². The fourth-order valence-corrected chi connectivity index (χ4v) is 4.25. The first-order valence-corrected chi connectivity index (χ1v) is 12.5. The monoisotopic (exact) mass is 536 g/mol. The van der Waals surface area contributed by atoms with E-state index in [-0.39, 0.29) is 22.4 Å². The summed E-state index contributed by atoms with van der Waals surface area (Å²) >= 11 is 7.02. The van der Waals surface area contributed by atoms with Gasteiger partial charge in [0.2, 0.25) is 0 Å². The number of carbonyl (C=O) groups is 1. The van der Waals surface area contributed by atoms with Crippen LogP contribution in [-0.4, -0.2) is 44.2 Å². The first kappa shape index (κ1) is 25.9. The number of nitro benzene ring substituents is 1. The molecule has 0 aliphatic heterocycles. The van der Waals surface area contributed by atoms with Crippen molar-refractivity contribution in [3.8, 4) is 22.8 Å². The van der Waals surface area contributed by atoms with Gasteiger partial charge in [-0.25, -0.2) is 5.43 Å². The van der Waals surface area contributed by atoms with Crippen molar-refractivity contribution in [2.24, 2.45) is 5.10 Å². The lowest BCUT2D eigenvalue weighted by Crippen LogP contribution is -2.20. The van der Waals surface area contributed by atoms with E-state index in [9.17, 15) is 14.9 Å². The molecular formula is C25H21ClN6O4S. The Morgan fingerprint density at radius 1 is 1.16 bits per heavy atom. The predicted octanol–water partition coefficient (Wildman–Crippen LogP) is 5.14. The maximum atomic E-state index is 12.4. The van der Waals surface area contributed by atoms with E-state index in [1.807, 2.05) is 66.1 Å². The number of nitrogens with zero attached hydrogens (tertiary/aromatic N) is 5. The van der Waals surface area contributed by atoms with Gasteiger partial charge < -0.3 is 4.74 Å². The van der Waals surface area contributed by atoms with Crippen LogP contribution in [0.2, 0.25) is 5.02 Å². The highest BCUT2D eigenvalue weighted by Crippen LogP contribution is 2.29. The number of thioether (sulfide) groups is 1. The number of halogens is 1. The van der Waals surface area contributed by atoms with Gasteiger partial charge in [0.1, 0.15) is 10.8 Å². The van der Waals surface area contributed by atoms with Gasteiger partial charge in [0.05, 0.1) is 23.5 Å². The van der Waals surface area contributed by atoms with E-state index in [1.54, 1.807) is 6.07 Å². The number of nitro groups is 1. The average molecular weight is 537 g/mol. The third-order valence-electron chi connectivity index (χ3n) is 4.97. The molecule has 1 aromatic heterocycles. The van der Waals surface area contributed by atoms with Gasteiger partial charge in [0.15, 0.2) is 11.0 Å². The highest BCUT2D eigenvalue weighted by molar-refractivity contribution is 7.99. The minimum absolute atomic E-state index is 0.0159. The number of hydrazone groups is 1. The quantitative estimate of drug-likeness (QED) is 0.129. The van der Waals surface area contributed by atoms with Gasteiger partial charge in [-0.05, 0) is 37.3 Å². The fourth-order valence-electron chi connectivity index (χ4n) is 3.32. The summed E-state index contributed by atoms with van der Waals surface area (Å²) in [7, 11) is 0. The van der Waals surface area contributed by atoms with Gasteiger partial charge in [-0.1, -0.05) is 59.8 Å². The molecule has 1 heterocycles. The molecule has 10 nitrogen and oxygen atoms in total. The van der Waals surface area contributed by atoms with Crippen molar-refractivity contribution in [2.45, 2.75) is 12.1 Å². The number of amides is 1. The molecule has 37 heavy (non-hydrogen) atoms. The van der Waals surface area contributed by atoms with Crippen molar-refractivity contribution in [2.75, 3.05) is 12.4 Å². The Balaban J connectivity index is 1.49. The molecule has 3 aromatic carbocycles. The molecule has 0 saturated carbocycles. The van der Waals surface area contributed by atoms with E-state index in [1.165, 1.54) is 30.1 Å². The Morgan fingerprint density at radius 2 is 1.92 bits per heavy atom. The third-order valence-corrected chi connectivity index (χ3v) is 6.22. The van der Waals surface area contributed by atoms with Crippen molar-refractivity contribution in [3.05, 3.63) is 93.5 Å². The molecule has 0 bridgehead atoms. The van der Waals surface area contributed by atoms with Crippen molar-refractivity contribution >= 4 is 41.2 Å². The van der Waals surface area contributed by atoms with Crippen molar-refractivity contribution in [1.29, 1.82) is 0 Å². The van der Waals surface area contributed by atoms with Crippen molar-refractivity contribution < 1.29 is 14.5 Å². The summed E-state index contributed by atoms with van der Waals surface area (Å²) in [5.41, 5.74) is 4.29. The van der Waals surface area contributed by atoms with Crippen LogP contribution in [-0.2, 0) is 4.79 Å². The van der Waals surface area contributed by atoms with E-state index in [2.05, 4.69) is 20.7 Å². The lowest BCUT2D eigenvalue weighted by Gasteiger charge is -2.11. The fraction of sp³-hybridized carbons (Fsp3) is 0.120. The second-order valence-electron chi connectivity index (χ2n) is 7.48. The van der Waals surface area contributed by atoms with Crippen LogP contribution in [0.4, 0.5) is 5.69 Å². The molecule has 0 aliphatic carbocycles. The summed E-state index contributed by atoms with van der Waals surface area (Å²) in [6.07, 6.45) is 1.31. The second-order valence-corrected chi connectivity index (χ2v) is 8.83. The number of hydrogen-bond acceptors (Lipinski definition) is 8. The first-order valence-electron chi connectivity index (χ1n) is 11.1. The number of ether oxygens (including phenoxy) is 1. The Hall–Kier alpha value is -4.22. The van der Waals surface area contributed by atoms with E-state index in [0.29, 0.717) is 23.2 Å². The molecule has 0 unspecified atom stereocenters. The molecule has 1 amide bonds. The molecule has 1 N–H and O–H groups in total. The molecular weight excluding hydrogens is 516 g/mol. The molecule has 0 radical (unpaired) electrons. The summed E-state index contributed by atoms with van der Waals surface area (Å²) in [6.45, 7) is 2.49. The Morgan fingerprint density at radius 3 is 2.62 bits per heavy atom. The Labute approximate surface area is 221 Å². The van der Waals surface area contributed by atoms with Crippen LogP contribution < -0.4 is 10.2 Å². The molecule has 4 aromatic rings. The standard InChI is InChI=1S/C25H21ClN6O4S/c1-2-36-20-11-9-19(10-12-20)31-24(18-6-4-3-5-7-18)29-30-25(31)37-16-23(33)28-27-15-17-8-13-21(26)22(14-17)32(34)35/h3-15H,2,16H2,1H3,(H,28,33)/b27-15+. The summed E-state index contributed by atoms with van der Waals surface area (Å²) in [5, 5.41) is 24.1. The average Bonchev–Trinajstić information content (AvgIpc) is 3.33. The van der Waals surface area contributed by atoms with Crippen LogP contribution in [0.25, 0.3) is 17.1 Å². The van der Waals surface area contributed by atoms with E-state index in [4.69, 9.17) is 16.3 Å². The number of nitrogens with one attached hydrogen (secondary N) is 1. The second kappa shape index (κ2) is 12.2. The lowest BCUT2D eigenvalue weighted by atomic mass is 10.2. The van der Waals surface area contributed by atoms with Crippen LogP contribution in [0.15, 0.2) is 83.1 Å². The Kier molecular flexibility index (Phi) is 8.49. The Bertz CT molecular complexity index is 1430. The molecule has 188 valence electrons. The maximum absolute atomic E-state index is 12.4. The molecule has 4 rings (SSSR count). The van der Waals surface area contributed by atoms with Crippen LogP contribution in [0.3, 0.4) is 0 Å². The van der Waals surface area contributed by atoms with Gasteiger partial charge in [0, 0.05) is 22.9 Å². The minimum Gasteiger partial charge on any atom is -0.494 e. The van der Waals surface area contributed by atoms with Crippen LogP contribution in [0.1, 0.15) is 12.5 Å². The zero-order chi connectivity index (χ0) is 26.2. The highest BCUT2D eigenvalue weighted by atomic mass is 35.5. The number of rotatable bonds is 10. The largest absolute Gasteiger partial charge is 0.494 e. The van der Waals surface area contributed by atoms with Crippen LogP contribution >= 0.6 is 23.4 Å². The summed E-state index contributed by atoms with van der Waals surface area (Å²) < 4.78 is 7.42. The van der Waals surface area contributed by atoms with Gasteiger partial charge in [-0.15, -0.1) is 10.2 Å². The maximum Gasteiger partial charge on any atom is 0.288 e. The smallest absolute Gasteiger partial charge is 0.288 e. The summed E-state index contributed by atoms with van der Waals surface area (Å²) in [4.78, 5) is 22.9. The third kappa shape index (κ3) is 6.51. The van der Waals surface area contributed by atoms with Gasteiger partial charge in [-0.2, -0.15) is 5.10 Å². The minimum atomic E-state index is -0.584. The normalized spacial score (nSPS) is 11.0. The molecule has 0 atom stereocenters. The zero-order valence-electron chi connectivity index (χ0n) is 19.6. The van der Waals surface area contributed by atoms with Crippen molar-refractivity contribution in [1.82, 2.24) is 20.2 Å². The zero-order valence-corrected chi connectivity index (χ0v) is 21.1. The van der Waals surface area contributed by atoms with E-state index in [0.717, 1.165) is 17.0 Å².